The summed E-state index contributed by atoms with van der Waals surface area (Å²) in [5.74, 6) is -0.402. The van der Waals surface area contributed by atoms with Crippen molar-refractivity contribution in [2.45, 2.75) is 0 Å². The second-order valence-electron chi connectivity index (χ2n) is 5.03. The molecule has 0 aliphatic rings. The maximum absolute atomic E-state index is 12.5. The van der Waals surface area contributed by atoms with Crippen molar-refractivity contribution in [1.82, 2.24) is 29.7 Å². The number of hydrogen-bond donors (Lipinski definition) is 3. The summed E-state index contributed by atoms with van der Waals surface area (Å²) in [5.41, 5.74) is 1.61. The van der Waals surface area contributed by atoms with Gasteiger partial charge in [-0.05, 0) is 18.2 Å². The zero-order valence-corrected chi connectivity index (χ0v) is 12.2. The van der Waals surface area contributed by atoms with Crippen molar-refractivity contribution >= 4 is 22.6 Å². The molecule has 0 unspecified atom stereocenters. The van der Waals surface area contributed by atoms with E-state index in [0.29, 0.717) is 11.3 Å². The lowest BCUT2D eigenvalue weighted by Gasteiger charge is -2.07. The average Bonchev–Trinajstić information content (AvgIpc) is 3.25. The molecule has 9 heteroatoms. The van der Waals surface area contributed by atoms with E-state index in [0.717, 1.165) is 5.69 Å². The van der Waals surface area contributed by atoms with Crippen LogP contribution in [0.3, 0.4) is 0 Å². The Balaban J connectivity index is 1.67. The van der Waals surface area contributed by atoms with Gasteiger partial charge in [-0.2, -0.15) is 0 Å². The van der Waals surface area contributed by atoms with Crippen LogP contribution in [0.2, 0.25) is 0 Å². The van der Waals surface area contributed by atoms with Crippen molar-refractivity contribution in [1.29, 1.82) is 0 Å². The highest BCUT2D eigenvalue weighted by molar-refractivity contribution is 6.12. The van der Waals surface area contributed by atoms with E-state index < -0.39 is 5.91 Å². The van der Waals surface area contributed by atoms with E-state index in [1.165, 1.54) is 12.5 Å². The largest absolute Gasteiger partial charge is 0.345 e. The van der Waals surface area contributed by atoms with Gasteiger partial charge in [0.2, 0.25) is 0 Å². The zero-order valence-electron chi connectivity index (χ0n) is 12.2. The van der Waals surface area contributed by atoms with Crippen LogP contribution < -0.4 is 10.9 Å². The van der Waals surface area contributed by atoms with Crippen LogP contribution in [0.1, 0.15) is 10.4 Å². The third-order valence-corrected chi connectivity index (χ3v) is 3.54. The lowest BCUT2D eigenvalue weighted by Crippen LogP contribution is -2.15. The third kappa shape index (κ3) is 2.33. The molecule has 0 aliphatic heterocycles. The van der Waals surface area contributed by atoms with Crippen molar-refractivity contribution < 1.29 is 4.79 Å². The van der Waals surface area contributed by atoms with Crippen molar-refractivity contribution in [2.24, 2.45) is 0 Å². The highest BCUT2D eigenvalue weighted by Gasteiger charge is 2.15. The second kappa shape index (κ2) is 5.47. The molecule has 0 atom stereocenters. The van der Waals surface area contributed by atoms with Gasteiger partial charge in [0.1, 0.15) is 18.3 Å². The number of nitrogens with one attached hydrogen (secondary N) is 3. The summed E-state index contributed by atoms with van der Waals surface area (Å²) in [5, 5.41) is 10.5. The van der Waals surface area contributed by atoms with Crippen molar-refractivity contribution in [2.75, 3.05) is 5.32 Å². The number of aromatic nitrogens is 6. The predicted octanol–water partition coefficient (Wildman–Crippen LogP) is 1.08. The number of H-pyrrole nitrogens is 2. The zero-order chi connectivity index (χ0) is 16.5. The smallest absolute Gasteiger partial charge is 0.261 e. The molecule has 0 spiro atoms. The van der Waals surface area contributed by atoms with Gasteiger partial charge in [0, 0.05) is 11.9 Å². The molecular formula is C15H11N7O2. The lowest BCUT2D eigenvalue weighted by molar-refractivity contribution is 0.102. The Morgan fingerprint density at radius 3 is 2.83 bits per heavy atom. The van der Waals surface area contributed by atoms with Gasteiger partial charge in [0.05, 0.1) is 23.0 Å². The van der Waals surface area contributed by atoms with Gasteiger partial charge in [-0.3, -0.25) is 14.2 Å². The number of amides is 1. The summed E-state index contributed by atoms with van der Waals surface area (Å²) in [6, 6.07) is 7.19. The molecule has 0 fully saturated rings. The number of carbonyl (C=O) groups is 1. The Kier molecular flexibility index (Phi) is 3.16. The van der Waals surface area contributed by atoms with Crippen LogP contribution in [0.4, 0.5) is 5.69 Å². The molecule has 0 saturated heterocycles. The molecule has 118 valence electrons. The maximum atomic E-state index is 12.5. The van der Waals surface area contributed by atoms with Crippen LogP contribution in [0, 0.1) is 0 Å². The van der Waals surface area contributed by atoms with Crippen LogP contribution in [-0.4, -0.2) is 35.6 Å². The molecule has 0 radical (unpaired) electrons. The van der Waals surface area contributed by atoms with Gasteiger partial charge in [-0.25, -0.2) is 4.98 Å². The van der Waals surface area contributed by atoms with Gasteiger partial charge in [0.25, 0.3) is 11.5 Å². The van der Waals surface area contributed by atoms with E-state index in [9.17, 15) is 9.59 Å². The number of fused-ring (bicyclic) bond motifs is 1. The molecule has 4 aromatic rings. The minimum absolute atomic E-state index is 0.227. The molecule has 0 saturated carbocycles. The number of hydrogen-bond acceptors (Lipinski definition) is 5. The number of carbonyl (C=O) groups excluding carboxylic acids is 1. The molecule has 3 heterocycles. The van der Waals surface area contributed by atoms with E-state index >= 15 is 0 Å². The summed E-state index contributed by atoms with van der Waals surface area (Å²) < 4.78 is 1.72. The predicted molar refractivity (Wildman–Crippen MR) is 86.0 cm³/mol. The first-order chi connectivity index (χ1) is 11.7. The van der Waals surface area contributed by atoms with Crippen molar-refractivity contribution in [3.8, 4) is 5.69 Å². The average molecular weight is 321 g/mol. The van der Waals surface area contributed by atoms with Gasteiger partial charge in [-0.1, -0.05) is 6.07 Å². The van der Waals surface area contributed by atoms with Gasteiger partial charge in [-0.15, -0.1) is 10.2 Å². The van der Waals surface area contributed by atoms with E-state index in [2.05, 4.69) is 30.5 Å². The number of rotatable bonds is 3. The molecule has 3 aromatic heterocycles. The Morgan fingerprint density at radius 1 is 1.17 bits per heavy atom. The van der Waals surface area contributed by atoms with Crippen molar-refractivity contribution in [3.05, 3.63) is 65.4 Å². The Labute approximate surface area is 134 Å². The van der Waals surface area contributed by atoms with Crippen molar-refractivity contribution in [3.63, 3.8) is 0 Å². The van der Waals surface area contributed by atoms with Gasteiger partial charge >= 0.3 is 0 Å². The first kappa shape index (κ1) is 13.9. The lowest BCUT2D eigenvalue weighted by atomic mass is 10.2. The summed E-state index contributed by atoms with van der Waals surface area (Å²) in [6.07, 6.45) is 5.87. The Morgan fingerprint density at radius 2 is 2.00 bits per heavy atom. The molecule has 1 amide bonds. The Hall–Kier alpha value is -3.75. The Bertz CT molecular complexity index is 1080. The van der Waals surface area contributed by atoms with Gasteiger partial charge in [0.15, 0.2) is 0 Å². The number of benzene rings is 1. The molecule has 1 aromatic carbocycles. The van der Waals surface area contributed by atoms with Crippen LogP contribution in [-0.2, 0) is 0 Å². The highest BCUT2D eigenvalue weighted by atomic mass is 16.2. The minimum atomic E-state index is -0.402. The first-order valence-electron chi connectivity index (χ1n) is 7.03. The van der Waals surface area contributed by atoms with E-state index in [1.54, 1.807) is 35.4 Å². The summed E-state index contributed by atoms with van der Waals surface area (Å²) in [6.45, 7) is 0. The van der Waals surface area contributed by atoms with Gasteiger partial charge < -0.3 is 15.3 Å². The molecule has 24 heavy (non-hydrogen) atoms. The molecule has 3 N–H and O–H groups in total. The fourth-order valence-corrected chi connectivity index (χ4v) is 2.43. The topological polar surface area (TPSA) is 121 Å². The van der Waals surface area contributed by atoms with E-state index in [1.807, 2.05) is 6.07 Å². The standard InChI is InChI=1S/C15H11N7O2/c23-14(11-5-16-13-12(11)15(24)18-6-17-13)21-9-2-1-3-10(4-9)22-7-19-20-8-22/h1-8H,(H,21,23)(H2,16,17,18,24). The first-order valence-corrected chi connectivity index (χ1v) is 7.03. The maximum Gasteiger partial charge on any atom is 0.261 e. The number of nitrogens with zero attached hydrogens (tertiary/aromatic N) is 4. The molecule has 0 aliphatic carbocycles. The van der Waals surface area contributed by atoms with Crippen LogP contribution >= 0.6 is 0 Å². The fraction of sp³-hybridized carbons (Fsp3) is 0. The quantitative estimate of drug-likeness (QED) is 0.521. The molecular weight excluding hydrogens is 310 g/mol. The number of aromatic amines is 2. The second-order valence-corrected chi connectivity index (χ2v) is 5.03. The van der Waals surface area contributed by atoms with Crippen LogP contribution in [0.15, 0.2) is 54.2 Å². The minimum Gasteiger partial charge on any atom is -0.345 e. The summed E-state index contributed by atoms with van der Waals surface area (Å²) in [4.78, 5) is 33.7. The van der Waals surface area contributed by atoms with Crippen LogP contribution in [0.25, 0.3) is 16.7 Å². The monoisotopic (exact) mass is 321 g/mol. The SMILES string of the molecule is O=C(Nc1cccc(-n2cnnc2)c1)c1c[nH]c2nc[nH]c(=O)c12. The van der Waals surface area contributed by atoms with Crippen LogP contribution in [0.5, 0.6) is 0 Å². The van der Waals surface area contributed by atoms with E-state index in [-0.39, 0.29) is 16.5 Å². The summed E-state index contributed by atoms with van der Waals surface area (Å²) in [7, 11) is 0. The summed E-state index contributed by atoms with van der Waals surface area (Å²) >= 11 is 0. The normalized spacial score (nSPS) is 10.8. The fourth-order valence-electron chi connectivity index (χ4n) is 2.43. The molecule has 4 rings (SSSR count). The van der Waals surface area contributed by atoms with E-state index in [4.69, 9.17) is 0 Å². The number of anilines is 1. The molecule has 0 bridgehead atoms. The highest BCUT2D eigenvalue weighted by Crippen LogP contribution is 2.17. The third-order valence-electron chi connectivity index (χ3n) is 3.54. The molecule has 9 nitrogen and oxygen atoms in total.